The summed E-state index contributed by atoms with van der Waals surface area (Å²) in [5.74, 6) is 0. The van der Waals surface area contributed by atoms with Gasteiger partial charge in [-0.3, -0.25) is 14.9 Å². The van der Waals surface area contributed by atoms with Crippen molar-refractivity contribution in [3.05, 3.63) is 204 Å². The number of fused-ring (bicyclic) bond motifs is 8. The summed E-state index contributed by atoms with van der Waals surface area (Å²) in [4.78, 5) is 9.94. The number of nitrogens with zero attached hydrogens (tertiary/aromatic N) is 5. The quantitative estimate of drug-likeness (QED) is 0.122. The fourth-order valence-electron chi connectivity index (χ4n) is 12.3. The van der Waals surface area contributed by atoms with E-state index >= 15 is 0 Å². The number of aromatic nitrogens is 5. The summed E-state index contributed by atoms with van der Waals surface area (Å²) in [6.45, 7) is 13.0. The standard InChI is InChI=1S/C65H43B2N5S4.2Pt/c1-36-22-38(3)62(39(4)23-36)45-31-68-71(34-45)47-16-20-56-51(29-47)66-49-26-42(14-18-54(49)73-58-10-8-12-60(75-56)64(58)66)44-28-53(70(7)33-44)43-15-19-55-50(27-43)67-52-30-48(17-21-57(52)76-61-13-9-11-59(74-55)65(61)67)72-35-46(32-69-72)63-40(5)24-37(2)25-41(63)6;;/h8-25,31-32,34-35H,1-7H3;;/q-6;;. The molecule has 5 nitrogen and oxygen atoms in total. The molecular formula is C65H43B2N5Pt2S4-6. The summed E-state index contributed by atoms with van der Waals surface area (Å²) in [5.41, 5.74) is 25.1. The summed E-state index contributed by atoms with van der Waals surface area (Å²) < 4.78 is 6.04. The number of aryl methyl sites for hydroxylation is 7. The van der Waals surface area contributed by atoms with Crippen LogP contribution >= 0.6 is 47.0 Å². The molecule has 7 heterocycles. The molecule has 11 aromatic rings. The minimum atomic E-state index is -0.0524. The molecule has 4 aliphatic heterocycles. The predicted molar refractivity (Wildman–Crippen MR) is 314 cm³/mol. The van der Waals surface area contributed by atoms with Gasteiger partial charge >= 0.3 is 0 Å². The van der Waals surface area contributed by atoms with Crippen molar-refractivity contribution < 1.29 is 42.1 Å². The van der Waals surface area contributed by atoms with Gasteiger partial charge in [-0.05, 0) is 148 Å². The van der Waals surface area contributed by atoms with E-state index in [0.717, 1.165) is 66.7 Å². The average molecular weight is 1430 g/mol. The first-order chi connectivity index (χ1) is 37.0. The van der Waals surface area contributed by atoms with Crippen molar-refractivity contribution in [2.75, 3.05) is 0 Å². The van der Waals surface area contributed by atoms with E-state index in [1.54, 1.807) is 0 Å². The fourth-order valence-corrected chi connectivity index (χ4v) is 17.0. The van der Waals surface area contributed by atoms with E-state index in [1.807, 2.05) is 68.8 Å². The molecule has 0 bridgehead atoms. The Kier molecular flexibility index (Phi) is 13.2. The maximum Gasteiger partial charge on any atom is 0.201 e. The van der Waals surface area contributed by atoms with Gasteiger partial charge in [0, 0.05) is 65.7 Å². The van der Waals surface area contributed by atoms with Gasteiger partial charge < -0.3 is 21.8 Å². The Labute approximate surface area is 502 Å². The maximum absolute atomic E-state index is 4.92. The third kappa shape index (κ3) is 8.43. The fraction of sp³-hybridized carbons (Fsp3) is 0.108. The second kappa shape index (κ2) is 19.9. The molecule has 3 aromatic heterocycles. The molecule has 0 unspecified atom stereocenters. The molecule has 0 aliphatic carbocycles. The average Bonchev–Trinajstić information content (AvgIpc) is 4.23. The van der Waals surface area contributed by atoms with Crippen LogP contribution in [0, 0.1) is 78.1 Å². The molecule has 0 spiro atoms. The zero-order valence-corrected chi connectivity index (χ0v) is 51.2. The van der Waals surface area contributed by atoms with Gasteiger partial charge in [0.05, 0.1) is 12.4 Å². The molecule has 0 saturated heterocycles. The number of benzene rings is 8. The van der Waals surface area contributed by atoms with Gasteiger partial charge in [0.1, 0.15) is 0 Å². The Bertz CT molecular complexity index is 4250. The van der Waals surface area contributed by atoms with E-state index in [9.17, 15) is 0 Å². The van der Waals surface area contributed by atoms with Gasteiger partial charge in [-0.15, -0.1) is 57.6 Å². The molecule has 0 fully saturated rings. The largest absolute Gasteiger partial charge is 0.520 e. The summed E-state index contributed by atoms with van der Waals surface area (Å²) in [6.07, 6.45) is 11.9. The molecule has 0 N–H and O–H groups in total. The molecule has 0 atom stereocenters. The zero-order valence-electron chi connectivity index (χ0n) is 43.4. The summed E-state index contributed by atoms with van der Waals surface area (Å²) in [7, 11) is 2.07. The zero-order chi connectivity index (χ0) is 51.2. The van der Waals surface area contributed by atoms with E-state index in [-0.39, 0.29) is 55.6 Å². The van der Waals surface area contributed by atoms with E-state index < -0.39 is 0 Å². The second-order valence-electron chi connectivity index (χ2n) is 20.6. The first-order valence-electron chi connectivity index (χ1n) is 25.5. The Hall–Kier alpha value is -5.63. The molecular weight excluding hydrogens is 1390 g/mol. The van der Waals surface area contributed by atoms with Crippen molar-refractivity contribution in [3.8, 4) is 56.0 Å². The molecule has 8 aromatic carbocycles. The van der Waals surface area contributed by atoms with Crippen molar-refractivity contribution in [3.63, 3.8) is 0 Å². The normalized spacial score (nSPS) is 13.1. The summed E-state index contributed by atoms with van der Waals surface area (Å²) >= 11 is 7.33. The van der Waals surface area contributed by atoms with Crippen molar-refractivity contribution in [1.29, 1.82) is 0 Å². The van der Waals surface area contributed by atoms with Crippen molar-refractivity contribution in [2.45, 2.75) is 80.7 Å². The van der Waals surface area contributed by atoms with Gasteiger partial charge in [0.2, 0.25) is 13.4 Å². The first-order valence-corrected chi connectivity index (χ1v) is 28.8. The Morgan fingerprint density at radius 3 is 1.26 bits per heavy atom. The van der Waals surface area contributed by atoms with Gasteiger partial charge in [0.25, 0.3) is 0 Å². The third-order valence-corrected chi connectivity index (χ3v) is 20.0. The van der Waals surface area contributed by atoms with E-state index in [1.165, 1.54) is 94.6 Å². The molecule has 13 heteroatoms. The number of hydrogen-bond donors (Lipinski definition) is 0. The van der Waals surface area contributed by atoms with Crippen LogP contribution in [0.15, 0.2) is 173 Å². The third-order valence-electron chi connectivity index (χ3n) is 15.4. The van der Waals surface area contributed by atoms with Crippen LogP contribution in [0.2, 0.25) is 0 Å². The van der Waals surface area contributed by atoms with Crippen molar-refractivity contribution in [1.82, 2.24) is 24.1 Å². The predicted octanol–water partition coefficient (Wildman–Crippen LogP) is 11.6. The van der Waals surface area contributed by atoms with Crippen LogP contribution in [0.5, 0.6) is 0 Å². The van der Waals surface area contributed by atoms with E-state index in [2.05, 4.69) is 211 Å². The number of hydrogen-bond acceptors (Lipinski definition) is 6. The molecule has 0 amide bonds. The SMILES string of the molecule is Cc1cc(C)c(-c2cnn(-c3[c-]c4c(cc3)Sc3cccc5c3B4c3[c-]c(-c4[c-]c(-c6[c-]c7c(cc6)Sc6cccc8c6B7c6[c-]c(-n7cc(-c9c(C)cc(C)cc9C)cn7)ccc6S8)n(C)[c-]4)ccc3S5)c2)c(C)c1.[Pt].[Pt]. The van der Waals surface area contributed by atoms with Crippen LogP contribution in [0.25, 0.3) is 56.0 Å². The van der Waals surface area contributed by atoms with Gasteiger partial charge in [-0.1, -0.05) is 57.3 Å². The van der Waals surface area contributed by atoms with Gasteiger partial charge in [0.15, 0.2) is 0 Å². The molecule has 78 heavy (non-hydrogen) atoms. The number of rotatable bonds is 6. The van der Waals surface area contributed by atoms with Crippen molar-refractivity contribution in [2.24, 2.45) is 7.05 Å². The minimum absolute atomic E-state index is 0. The minimum Gasteiger partial charge on any atom is -0.520 e. The van der Waals surface area contributed by atoms with Crippen LogP contribution in [-0.2, 0) is 49.2 Å². The van der Waals surface area contributed by atoms with Crippen LogP contribution in [-0.4, -0.2) is 37.6 Å². The monoisotopic (exact) mass is 1430 g/mol. The van der Waals surface area contributed by atoms with Gasteiger partial charge in [-0.2, -0.15) is 79.8 Å². The Morgan fingerprint density at radius 2 is 0.821 bits per heavy atom. The summed E-state index contributed by atoms with van der Waals surface area (Å²) in [6, 6.07) is 59.8. The second-order valence-corrected chi connectivity index (χ2v) is 24.9. The molecule has 4 aliphatic rings. The molecule has 0 saturated carbocycles. The molecule has 0 radical (unpaired) electrons. The topological polar surface area (TPSA) is 40.6 Å². The maximum atomic E-state index is 4.92. The van der Waals surface area contributed by atoms with Crippen LogP contribution in [0.1, 0.15) is 33.4 Å². The van der Waals surface area contributed by atoms with Crippen LogP contribution < -0.4 is 32.8 Å². The van der Waals surface area contributed by atoms with Crippen molar-refractivity contribution >= 4 is 93.2 Å². The Morgan fingerprint density at radius 1 is 0.436 bits per heavy atom. The summed E-state index contributed by atoms with van der Waals surface area (Å²) in [5, 5.41) is 9.83. The molecule has 384 valence electrons. The van der Waals surface area contributed by atoms with Gasteiger partial charge in [-0.25, -0.2) is 36.2 Å². The van der Waals surface area contributed by atoms with E-state index in [4.69, 9.17) is 10.2 Å². The molecule has 15 rings (SSSR count). The van der Waals surface area contributed by atoms with Crippen LogP contribution in [0.4, 0.5) is 0 Å². The first kappa shape index (κ1) is 51.8. The smallest absolute Gasteiger partial charge is 0.201 e. The van der Waals surface area contributed by atoms with Crippen LogP contribution in [0.3, 0.4) is 0 Å². The Balaban J connectivity index is 0.00000289. The van der Waals surface area contributed by atoms with E-state index in [0.29, 0.717) is 0 Å².